The molecule has 2 aromatic heterocycles. The Morgan fingerprint density at radius 1 is 0.333 bits per heavy atom. The zero-order valence-electron chi connectivity index (χ0n) is 27.6. The Kier molecular flexibility index (Phi) is 6.78. The highest BCUT2D eigenvalue weighted by Crippen LogP contribution is 2.44. The molecule has 51 heavy (non-hydrogen) atoms. The summed E-state index contributed by atoms with van der Waals surface area (Å²) >= 11 is 0. The Morgan fingerprint density at radius 2 is 0.843 bits per heavy atom. The standard InChI is InChI=1S/C47H30N4/c1-4-15-31(16-5-1)40-30-42-44(39-26-13-12-25-38(39)40)43-37-24-11-10-17-32(37)27-28-41(43)51(42)36-23-14-22-35(29-36)47-49-45(33-18-6-2-7-19-33)48-46(50-47)34-20-8-3-9-21-34/h1-30H. The van der Waals surface area contributed by atoms with Gasteiger partial charge in [-0.25, -0.2) is 15.0 Å². The van der Waals surface area contributed by atoms with Crippen LogP contribution in [0.25, 0.3) is 94.3 Å². The van der Waals surface area contributed by atoms with Gasteiger partial charge in [0.2, 0.25) is 0 Å². The largest absolute Gasteiger partial charge is 0.309 e. The third kappa shape index (κ3) is 4.88. The molecular formula is C47H30N4. The van der Waals surface area contributed by atoms with E-state index in [4.69, 9.17) is 15.0 Å². The lowest BCUT2D eigenvalue weighted by molar-refractivity contribution is 1.07. The predicted octanol–water partition coefficient (Wildman–Crippen LogP) is 11.9. The van der Waals surface area contributed by atoms with Gasteiger partial charge in [-0.3, -0.25) is 0 Å². The van der Waals surface area contributed by atoms with Crippen LogP contribution in [0.4, 0.5) is 0 Å². The van der Waals surface area contributed by atoms with E-state index in [1.807, 2.05) is 60.7 Å². The molecule has 0 bridgehead atoms. The molecule has 0 unspecified atom stereocenters. The van der Waals surface area contributed by atoms with Crippen molar-refractivity contribution in [2.45, 2.75) is 0 Å². The summed E-state index contributed by atoms with van der Waals surface area (Å²) < 4.78 is 2.41. The molecule has 0 aliphatic rings. The highest BCUT2D eigenvalue weighted by atomic mass is 15.0. The van der Waals surface area contributed by atoms with E-state index in [2.05, 4.69) is 126 Å². The highest BCUT2D eigenvalue weighted by Gasteiger charge is 2.20. The third-order valence-corrected chi connectivity index (χ3v) is 9.81. The Morgan fingerprint density at radius 3 is 1.51 bits per heavy atom. The average molecular weight is 651 g/mol. The lowest BCUT2D eigenvalue weighted by Crippen LogP contribution is -2.01. The van der Waals surface area contributed by atoms with E-state index in [-0.39, 0.29) is 0 Å². The van der Waals surface area contributed by atoms with Gasteiger partial charge in [-0.2, -0.15) is 0 Å². The molecule has 0 aliphatic carbocycles. The van der Waals surface area contributed by atoms with Crippen molar-refractivity contribution in [3.8, 4) is 51.0 Å². The van der Waals surface area contributed by atoms with Crippen LogP contribution in [0.15, 0.2) is 182 Å². The molecule has 238 valence electrons. The first kappa shape index (κ1) is 29.0. The van der Waals surface area contributed by atoms with Crippen LogP contribution >= 0.6 is 0 Å². The smallest absolute Gasteiger partial charge is 0.164 e. The molecule has 8 aromatic carbocycles. The maximum Gasteiger partial charge on any atom is 0.164 e. The van der Waals surface area contributed by atoms with Crippen LogP contribution in [0.3, 0.4) is 0 Å². The van der Waals surface area contributed by atoms with E-state index in [0.717, 1.165) is 33.4 Å². The molecule has 0 saturated heterocycles. The lowest BCUT2D eigenvalue weighted by atomic mass is 9.94. The number of hydrogen-bond donors (Lipinski definition) is 0. The van der Waals surface area contributed by atoms with Gasteiger partial charge in [-0.1, -0.05) is 158 Å². The van der Waals surface area contributed by atoms with Crippen molar-refractivity contribution < 1.29 is 0 Å². The lowest BCUT2D eigenvalue weighted by Gasteiger charge is -2.13. The fraction of sp³-hybridized carbons (Fsp3) is 0. The van der Waals surface area contributed by atoms with E-state index >= 15 is 0 Å². The summed E-state index contributed by atoms with van der Waals surface area (Å²) in [6.07, 6.45) is 0. The summed E-state index contributed by atoms with van der Waals surface area (Å²) in [4.78, 5) is 15.0. The number of fused-ring (bicyclic) bond motifs is 7. The van der Waals surface area contributed by atoms with Crippen LogP contribution in [0.1, 0.15) is 0 Å². The van der Waals surface area contributed by atoms with Gasteiger partial charge < -0.3 is 4.57 Å². The predicted molar refractivity (Wildman–Crippen MR) is 211 cm³/mol. The molecule has 0 spiro atoms. The first-order valence-electron chi connectivity index (χ1n) is 17.2. The van der Waals surface area contributed by atoms with E-state index in [1.165, 1.54) is 43.4 Å². The van der Waals surface area contributed by atoms with E-state index in [1.54, 1.807) is 0 Å². The molecule has 4 heteroatoms. The second-order valence-corrected chi connectivity index (χ2v) is 12.8. The van der Waals surface area contributed by atoms with Crippen molar-refractivity contribution in [2.24, 2.45) is 0 Å². The van der Waals surface area contributed by atoms with Crippen LogP contribution in [-0.4, -0.2) is 19.5 Å². The van der Waals surface area contributed by atoms with Gasteiger partial charge in [0.05, 0.1) is 11.0 Å². The van der Waals surface area contributed by atoms with Gasteiger partial charge in [0.15, 0.2) is 17.5 Å². The Hall–Kier alpha value is -6.91. The number of aromatic nitrogens is 4. The molecule has 10 aromatic rings. The molecular weight excluding hydrogens is 621 g/mol. The SMILES string of the molecule is c1ccc(-c2nc(-c3ccccc3)nc(-c3cccc(-n4c5ccc6ccccc6c5c5c6ccccc6c(-c6ccccc6)cc54)c3)n2)cc1. The van der Waals surface area contributed by atoms with Crippen LogP contribution in [0.5, 0.6) is 0 Å². The molecule has 2 heterocycles. The molecule has 0 aliphatic heterocycles. The van der Waals surface area contributed by atoms with Crippen LogP contribution in [0.2, 0.25) is 0 Å². The van der Waals surface area contributed by atoms with Crippen molar-refractivity contribution in [1.29, 1.82) is 0 Å². The minimum Gasteiger partial charge on any atom is -0.309 e. The molecule has 0 fully saturated rings. The van der Waals surface area contributed by atoms with E-state index in [9.17, 15) is 0 Å². The van der Waals surface area contributed by atoms with Crippen LogP contribution in [-0.2, 0) is 0 Å². The van der Waals surface area contributed by atoms with Crippen molar-refractivity contribution in [3.63, 3.8) is 0 Å². The van der Waals surface area contributed by atoms with Crippen LogP contribution in [0, 0.1) is 0 Å². The number of benzene rings is 8. The van der Waals surface area contributed by atoms with Crippen molar-refractivity contribution in [3.05, 3.63) is 182 Å². The number of hydrogen-bond acceptors (Lipinski definition) is 3. The zero-order valence-corrected chi connectivity index (χ0v) is 27.6. The number of rotatable bonds is 5. The minimum absolute atomic E-state index is 0.631. The van der Waals surface area contributed by atoms with Gasteiger partial charge in [-0.05, 0) is 56.9 Å². The molecule has 0 saturated carbocycles. The normalized spacial score (nSPS) is 11.5. The zero-order chi connectivity index (χ0) is 33.7. The summed E-state index contributed by atoms with van der Waals surface area (Å²) in [6.45, 7) is 0. The van der Waals surface area contributed by atoms with Gasteiger partial charge >= 0.3 is 0 Å². The molecule has 0 radical (unpaired) electrons. The Balaban J connectivity index is 1.27. The van der Waals surface area contributed by atoms with Gasteiger partial charge in [0, 0.05) is 33.2 Å². The second kappa shape index (κ2) is 11.9. The minimum atomic E-state index is 0.631. The van der Waals surface area contributed by atoms with Crippen molar-refractivity contribution >= 4 is 43.4 Å². The van der Waals surface area contributed by atoms with Gasteiger partial charge in [0.1, 0.15) is 0 Å². The molecule has 0 amide bonds. The average Bonchev–Trinajstić information content (AvgIpc) is 3.56. The topological polar surface area (TPSA) is 43.6 Å². The maximum absolute atomic E-state index is 5.05. The Labute approximate surface area is 295 Å². The first-order chi connectivity index (χ1) is 25.3. The van der Waals surface area contributed by atoms with Crippen molar-refractivity contribution in [2.75, 3.05) is 0 Å². The van der Waals surface area contributed by atoms with Gasteiger partial charge in [0.25, 0.3) is 0 Å². The fourth-order valence-corrected chi connectivity index (χ4v) is 7.50. The van der Waals surface area contributed by atoms with Crippen molar-refractivity contribution in [1.82, 2.24) is 19.5 Å². The molecule has 10 rings (SSSR count). The fourth-order valence-electron chi connectivity index (χ4n) is 7.50. The quantitative estimate of drug-likeness (QED) is 0.186. The summed E-state index contributed by atoms with van der Waals surface area (Å²) in [6, 6.07) is 64.0. The first-order valence-corrected chi connectivity index (χ1v) is 17.2. The number of nitrogens with zero attached hydrogens (tertiary/aromatic N) is 4. The van der Waals surface area contributed by atoms with Crippen LogP contribution < -0.4 is 0 Å². The second-order valence-electron chi connectivity index (χ2n) is 12.8. The monoisotopic (exact) mass is 650 g/mol. The maximum atomic E-state index is 5.05. The van der Waals surface area contributed by atoms with E-state index < -0.39 is 0 Å². The summed E-state index contributed by atoms with van der Waals surface area (Å²) in [5.74, 6) is 1.92. The van der Waals surface area contributed by atoms with E-state index in [0.29, 0.717) is 17.5 Å². The summed E-state index contributed by atoms with van der Waals surface area (Å²) in [7, 11) is 0. The molecule has 4 nitrogen and oxygen atoms in total. The highest BCUT2D eigenvalue weighted by molar-refractivity contribution is 6.30. The molecule has 0 N–H and O–H groups in total. The third-order valence-electron chi connectivity index (χ3n) is 9.81. The Bertz CT molecular complexity index is 2840. The molecule has 0 atom stereocenters. The summed E-state index contributed by atoms with van der Waals surface area (Å²) in [5, 5.41) is 7.44. The van der Waals surface area contributed by atoms with Gasteiger partial charge in [-0.15, -0.1) is 0 Å². The summed E-state index contributed by atoms with van der Waals surface area (Å²) in [5.41, 5.74) is 8.57.